The maximum absolute atomic E-state index is 11.9. The zero-order chi connectivity index (χ0) is 15.4. The largest absolute Gasteiger partial charge is 0.323 e. The highest BCUT2D eigenvalue weighted by atomic mass is 16.6. The van der Waals surface area contributed by atoms with E-state index in [-0.39, 0.29) is 5.69 Å². The quantitative estimate of drug-likeness (QED) is 0.663. The number of hydrogen-bond acceptors (Lipinski definition) is 3. The lowest BCUT2D eigenvalue weighted by atomic mass is 10.1. The van der Waals surface area contributed by atoms with E-state index in [0.29, 0.717) is 11.4 Å². The number of nitro groups is 1. The number of urea groups is 1. The van der Waals surface area contributed by atoms with Crippen molar-refractivity contribution in [3.05, 3.63) is 63.7 Å². The lowest BCUT2D eigenvalue weighted by molar-refractivity contribution is -0.384. The summed E-state index contributed by atoms with van der Waals surface area (Å²) in [6, 6.07) is 11.0. The first-order valence-corrected chi connectivity index (χ1v) is 6.36. The van der Waals surface area contributed by atoms with Crippen LogP contribution in [0.15, 0.2) is 42.5 Å². The number of anilines is 2. The molecule has 0 heterocycles. The average molecular weight is 285 g/mol. The molecule has 2 N–H and O–H groups in total. The van der Waals surface area contributed by atoms with Crippen LogP contribution in [0, 0.1) is 24.0 Å². The number of nitrogens with zero attached hydrogens (tertiary/aromatic N) is 1. The lowest BCUT2D eigenvalue weighted by Gasteiger charge is -2.11. The minimum Gasteiger partial charge on any atom is -0.307 e. The summed E-state index contributed by atoms with van der Waals surface area (Å²) in [5.74, 6) is 0. The zero-order valence-corrected chi connectivity index (χ0v) is 11.7. The summed E-state index contributed by atoms with van der Waals surface area (Å²) in [7, 11) is 0. The summed E-state index contributed by atoms with van der Waals surface area (Å²) >= 11 is 0. The predicted octanol–water partition coefficient (Wildman–Crippen LogP) is 3.86. The van der Waals surface area contributed by atoms with Gasteiger partial charge in [0.25, 0.3) is 5.69 Å². The first-order chi connectivity index (χ1) is 9.97. The Balaban J connectivity index is 2.10. The topological polar surface area (TPSA) is 84.3 Å². The molecular weight excluding hydrogens is 270 g/mol. The number of non-ortho nitro benzene ring substituents is 1. The normalized spacial score (nSPS) is 10.0. The van der Waals surface area contributed by atoms with Crippen molar-refractivity contribution in [2.45, 2.75) is 13.8 Å². The molecule has 108 valence electrons. The number of carbonyl (C=O) groups is 1. The Bertz CT molecular complexity index is 698. The Morgan fingerprint density at radius 2 is 1.81 bits per heavy atom. The highest BCUT2D eigenvalue weighted by Crippen LogP contribution is 2.20. The maximum Gasteiger partial charge on any atom is 0.323 e. The molecule has 2 amide bonds. The van der Waals surface area contributed by atoms with E-state index in [1.165, 1.54) is 18.2 Å². The van der Waals surface area contributed by atoms with Gasteiger partial charge in [-0.3, -0.25) is 10.1 Å². The van der Waals surface area contributed by atoms with Crippen molar-refractivity contribution in [2.24, 2.45) is 0 Å². The van der Waals surface area contributed by atoms with Gasteiger partial charge in [-0.1, -0.05) is 18.2 Å². The average Bonchev–Trinajstić information content (AvgIpc) is 2.44. The zero-order valence-electron chi connectivity index (χ0n) is 11.7. The standard InChI is InChI=1S/C15H15N3O3/c1-10-5-3-8-14(11(10)2)17-15(19)16-12-6-4-7-13(9-12)18(20)21/h3-9H,1-2H3,(H2,16,17,19). The van der Waals surface area contributed by atoms with Crippen LogP contribution in [0.5, 0.6) is 0 Å². The van der Waals surface area contributed by atoms with Gasteiger partial charge in [-0.05, 0) is 37.1 Å². The van der Waals surface area contributed by atoms with Gasteiger partial charge in [0.05, 0.1) is 4.92 Å². The van der Waals surface area contributed by atoms with Gasteiger partial charge in [-0.2, -0.15) is 0 Å². The van der Waals surface area contributed by atoms with Gasteiger partial charge in [0.15, 0.2) is 0 Å². The molecule has 2 aromatic rings. The second-order valence-electron chi connectivity index (χ2n) is 4.63. The highest BCUT2D eigenvalue weighted by Gasteiger charge is 2.09. The van der Waals surface area contributed by atoms with Crippen LogP contribution < -0.4 is 10.6 Å². The van der Waals surface area contributed by atoms with Gasteiger partial charge in [-0.25, -0.2) is 4.79 Å². The SMILES string of the molecule is Cc1cccc(NC(=O)Nc2cccc([N+](=O)[O-])c2)c1C. The van der Waals surface area contributed by atoms with Crippen LogP contribution in [0.3, 0.4) is 0 Å². The van der Waals surface area contributed by atoms with Gasteiger partial charge in [0.2, 0.25) is 0 Å². The van der Waals surface area contributed by atoms with Gasteiger partial charge in [0.1, 0.15) is 0 Å². The van der Waals surface area contributed by atoms with E-state index in [0.717, 1.165) is 11.1 Å². The van der Waals surface area contributed by atoms with Crippen LogP contribution in [-0.4, -0.2) is 11.0 Å². The summed E-state index contributed by atoms with van der Waals surface area (Å²) < 4.78 is 0. The molecule has 0 aliphatic heterocycles. The number of nitro benzene ring substituents is 1. The number of nitrogens with one attached hydrogen (secondary N) is 2. The maximum atomic E-state index is 11.9. The Morgan fingerprint density at radius 3 is 2.52 bits per heavy atom. The summed E-state index contributed by atoms with van der Waals surface area (Å²) in [5.41, 5.74) is 3.05. The Labute approximate surface area is 121 Å². The molecular formula is C15H15N3O3. The van der Waals surface area contributed by atoms with Gasteiger partial charge in [-0.15, -0.1) is 0 Å². The molecule has 0 spiro atoms. The van der Waals surface area contributed by atoms with E-state index in [4.69, 9.17) is 0 Å². The van der Waals surface area contributed by atoms with Crippen molar-refractivity contribution in [3.63, 3.8) is 0 Å². The first-order valence-electron chi connectivity index (χ1n) is 6.36. The third-order valence-electron chi connectivity index (χ3n) is 3.17. The first kappa shape index (κ1) is 14.5. The monoisotopic (exact) mass is 285 g/mol. The van der Waals surface area contributed by atoms with E-state index in [2.05, 4.69) is 10.6 Å². The van der Waals surface area contributed by atoms with E-state index >= 15 is 0 Å². The lowest BCUT2D eigenvalue weighted by Crippen LogP contribution is -2.20. The molecule has 0 saturated heterocycles. The molecule has 0 fully saturated rings. The molecule has 6 nitrogen and oxygen atoms in total. The van der Waals surface area contributed by atoms with Crippen molar-refractivity contribution in [1.29, 1.82) is 0 Å². The fraction of sp³-hybridized carbons (Fsp3) is 0.133. The van der Waals surface area contributed by atoms with Crippen LogP contribution in [-0.2, 0) is 0 Å². The minimum atomic E-state index is -0.506. The van der Waals surface area contributed by atoms with Crippen LogP contribution in [0.1, 0.15) is 11.1 Å². The van der Waals surface area contributed by atoms with Gasteiger partial charge < -0.3 is 10.6 Å². The predicted molar refractivity (Wildman–Crippen MR) is 81.7 cm³/mol. The molecule has 0 atom stereocenters. The molecule has 0 unspecified atom stereocenters. The van der Waals surface area contributed by atoms with Crippen LogP contribution in [0.4, 0.5) is 21.9 Å². The van der Waals surface area contributed by atoms with Crippen LogP contribution in [0.25, 0.3) is 0 Å². The third-order valence-corrected chi connectivity index (χ3v) is 3.17. The van der Waals surface area contributed by atoms with Crippen LogP contribution >= 0.6 is 0 Å². The van der Waals surface area contributed by atoms with Crippen molar-refractivity contribution in [1.82, 2.24) is 0 Å². The van der Waals surface area contributed by atoms with E-state index in [9.17, 15) is 14.9 Å². The molecule has 0 aliphatic rings. The number of carbonyl (C=O) groups excluding carboxylic acids is 1. The van der Waals surface area contributed by atoms with E-state index in [1.807, 2.05) is 26.0 Å². The fourth-order valence-electron chi connectivity index (χ4n) is 1.87. The molecule has 6 heteroatoms. The molecule has 0 aliphatic carbocycles. The summed E-state index contributed by atoms with van der Waals surface area (Å²) in [5, 5.41) is 16.0. The molecule has 0 radical (unpaired) electrons. The van der Waals surface area contributed by atoms with Crippen molar-refractivity contribution in [2.75, 3.05) is 10.6 Å². The minimum absolute atomic E-state index is 0.0699. The number of benzene rings is 2. The number of rotatable bonds is 3. The smallest absolute Gasteiger partial charge is 0.307 e. The number of aryl methyl sites for hydroxylation is 1. The molecule has 0 aromatic heterocycles. The molecule has 21 heavy (non-hydrogen) atoms. The summed E-state index contributed by atoms with van der Waals surface area (Å²) in [4.78, 5) is 22.1. The Kier molecular flexibility index (Phi) is 4.18. The summed E-state index contributed by atoms with van der Waals surface area (Å²) in [6.45, 7) is 3.87. The molecule has 2 rings (SSSR count). The van der Waals surface area contributed by atoms with Crippen molar-refractivity contribution >= 4 is 23.1 Å². The number of hydrogen-bond donors (Lipinski definition) is 2. The molecule has 0 bridgehead atoms. The second kappa shape index (κ2) is 6.04. The highest BCUT2D eigenvalue weighted by molar-refractivity contribution is 6.00. The van der Waals surface area contributed by atoms with Gasteiger partial charge >= 0.3 is 6.03 Å². The Hall–Kier alpha value is -2.89. The van der Waals surface area contributed by atoms with E-state index < -0.39 is 11.0 Å². The van der Waals surface area contributed by atoms with Gasteiger partial charge in [0, 0.05) is 23.5 Å². The fourth-order valence-corrected chi connectivity index (χ4v) is 1.87. The second-order valence-corrected chi connectivity index (χ2v) is 4.63. The number of amides is 2. The van der Waals surface area contributed by atoms with Crippen molar-refractivity contribution in [3.8, 4) is 0 Å². The van der Waals surface area contributed by atoms with Crippen LogP contribution in [0.2, 0.25) is 0 Å². The third kappa shape index (κ3) is 3.56. The molecule has 2 aromatic carbocycles. The Morgan fingerprint density at radius 1 is 1.10 bits per heavy atom. The molecule has 0 saturated carbocycles. The van der Waals surface area contributed by atoms with Crippen molar-refractivity contribution < 1.29 is 9.72 Å². The summed E-state index contributed by atoms with van der Waals surface area (Å²) in [6.07, 6.45) is 0. The van der Waals surface area contributed by atoms with E-state index in [1.54, 1.807) is 12.1 Å².